The van der Waals surface area contributed by atoms with Crippen molar-refractivity contribution < 1.29 is 0 Å². The van der Waals surface area contributed by atoms with Crippen LogP contribution >= 0.6 is 23.6 Å². The van der Waals surface area contributed by atoms with Gasteiger partial charge in [0.2, 0.25) is 0 Å². The maximum Gasteiger partial charge on any atom is 0.136 e. The maximum absolute atomic E-state index is 5.70. The minimum Gasteiger partial charge on any atom is -0.389 e. The minimum atomic E-state index is 0.368. The zero-order valence-electron chi connectivity index (χ0n) is 10.4. The van der Waals surface area contributed by atoms with Gasteiger partial charge in [0.1, 0.15) is 10.8 Å². The third-order valence-electron chi connectivity index (χ3n) is 2.71. The fraction of sp³-hybridized carbons (Fsp3) is 0.231. The number of anilines is 1. The van der Waals surface area contributed by atoms with Crippen LogP contribution in [-0.2, 0) is 6.54 Å². The van der Waals surface area contributed by atoms with Gasteiger partial charge < -0.3 is 11.1 Å². The predicted molar refractivity (Wildman–Crippen MR) is 81.2 cm³/mol. The average Bonchev–Trinajstić information content (AvgIpc) is 2.72. The highest BCUT2D eigenvalue weighted by Gasteiger charge is 2.07. The summed E-state index contributed by atoms with van der Waals surface area (Å²) in [4.78, 5) is 4.82. The largest absolute Gasteiger partial charge is 0.389 e. The molecule has 0 unspecified atom stereocenters. The minimum absolute atomic E-state index is 0.368. The molecular formula is C13H15N3S2. The van der Waals surface area contributed by atoms with Gasteiger partial charge in [0.15, 0.2) is 0 Å². The predicted octanol–water partition coefficient (Wildman–Crippen LogP) is 3.01. The Morgan fingerprint density at radius 1 is 1.39 bits per heavy atom. The van der Waals surface area contributed by atoms with Crippen molar-refractivity contribution in [3.8, 4) is 0 Å². The molecule has 2 aromatic rings. The number of hydrogen-bond acceptors (Lipinski definition) is 4. The van der Waals surface area contributed by atoms with Gasteiger partial charge >= 0.3 is 0 Å². The number of hydrogen-bond donors (Lipinski definition) is 2. The van der Waals surface area contributed by atoms with Crippen molar-refractivity contribution in [1.82, 2.24) is 4.98 Å². The summed E-state index contributed by atoms with van der Waals surface area (Å²) in [6.45, 7) is 4.79. The standard InChI is InChI=1S/C13H15N3S2/c1-8-6-18-7-10(8)5-15-13-11(12(14)17)4-3-9(2)16-13/h3-4,6-7H,5H2,1-2H3,(H2,14,17)(H,15,16). The SMILES string of the molecule is Cc1ccc(C(N)=S)c(NCc2cscc2C)n1. The van der Waals surface area contributed by atoms with E-state index in [1.807, 2.05) is 19.1 Å². The number of aromatic nitrogens is 1. The number of nitrogens with one attached hydrogen (secondary N) is 1. The quantitative estimate of drug-likeness (QED) is 0.844. The van der Waals surface area contributed by atoms with Crippen molar-refractivity contribution >= 4 is 34.4 Å². The Morgan fingerprint density at radius 2 is 2.17 bits per heavy atom. The number of nitrogens with zero attached hydrogens (tertiary/aromatic N) is 1. The molecule has 0 atom stereocenters. The topological polar surface area (TPSA) is 50.9 Å². The van der Waals surface area contributed by atoms with Crippen LogP contribution in [-0.4, -0.2) is 9.97 Å². The van der Waals surface area contributed by atoms with Gasteiger partial charge in [-0.05, 0) is 47.9 Å². The van der Waals surface area contributed by atoms with Crippen LogP contribution in [0.5, 0.6) is 0 Å². The van der Waals surface area contributed by atoms with Gasteiger partial charge in [0, 0.05) is 12.2 Å². The van der Waals surface area contributed by atoms with E-state index < -0.39 is 0 Å². The van der Waals surface area contributed by atoms with Crippen LogP contribution in [0.15, 0.2) is 22.9 Å². The van der Waals surface area contributed by atoms with E-state index in [1.165, 1.54) is 11.1 Å². The molecule has 0 saturated heterocycles. The molecule has 94 valence electrons. The molecule has 0 amide bonds. The maximum atomic E-state index is 5.70. The van der Waals surface area contributed by atoms with Gasteiger partial charge in [-0.3, -0.25) is 0 Å². The molecule has 0 saturated carbocycles. The third-order valence-corrected chi connectivity index (χ3v) is 3.84. The molecule has 0 fully saturated rings. The summed E-state index contributed by atoms with van der Waals surface area (Å²) < 4.78 is 0. The van der Waals surface area contributed by atoms with Gasteiger partial charge in [-0.15, -0.1) is 0 Å². The zero-order chi connectivity index (χ0) is 13.1. The number of pyridine rings is 1. The van der Waals surface area contributed by atoms with Gasteiger partial charge in [-0.25, -0.2) is 4.98 Å². The van der Waals surface area contributed by atoms with E-state index in [1.54, 1.807) is 11.3 Å². The summed E-state index contributed by atoms with van der Waals surface area (Å²) in [5, 5.41) is 7.58. The lowest BCUT2D eigenvalue weighted by molar-refractivity contribution is 1.08. The second-order valence-electron chi connectivity index (χ2n) is 4.15. The molecule has 2 aromatic heterocycles. The summed E-state index contributed by atoms with van der Waals surface area (Å²) in [5.41, 5.74) is 10.0. The monoisotopic (exact) mass is 277 g/mol. The summed E-state index contributed by atoms with van der Waals surface area (Å²) in [6.07, 6.45) is 0. The molecule has 0 aromatic carbocycles. The molecule has 0 radical (unpaired) electrons. The molecule has 2 heterocycles. The van der Waals surface area contributed by atoms with Gasteiger partial charge in [-0.2, -0.15) is 11.3 Å². The highest BCUT2D eigenvalue weighted by molar-refractivity contribution is 7.80. The van der Waals surface area contributed by atoms with E-state index in [4.69, 9.17) is 18.0 Å². The summed E-state index contributed by atoms with van der Waals surface area (Å²) >= 11 is 6.74. The van der Waals surface area contributed by atoms with E-state index in [0.717, 1.165) is 23.6 Å². The first kappa shape index (κ1) is 13.0. The Kier molecular flexibility index (Phi) is 3.93. The van der Waals surface area contributed by atoms with E-state index in [-0.39, 0.29) is 0 Å². The van der Waals surface area contributed by atoms with Crippen LogP contribution < -0.4 is 11.1 Å². The lowest BCUT2D eigenvalue weighted by Gasteiger charge is -2.10. The molecule has 3 N–H and O–H groups in total. The van der Waals surface area contributed by atoms with E-state index in [0.29, 0.717) is 4.99 Å². The van der Waals surface area contributed by atoms with Crippen LogP contribution in [0, 0.1) is 13.8 Å². The molecule has 0 spiro atoms. The van der Waals surface area contributed by atoms with E-state index in [2.05, 4.69) is 28.0 Å². The van der Waals surface area contributed by atoms with Crippen LogP contribution in [0.1, 0.15) is 22.4 Å². The number of aryl methyl sites for hydroxylation is 2. The summed E-state index contributed by atoms with van der Waals surface area (Å²) in [5.74, 6) is 0.758. The molecule has 0 aliphatic rings. The lowest BCUT2D eigenvalue weighted by Crippen LogP contribution is -2.14. The molecule has 18 heavy (non-hydrogen) atoms. The Balaban J connectivity index is 2.20. The highest BCUT2D eigenvalue weighted by Crippen LogP contribution is 2.18. The Hall–Kier alpha value is -1.46. The molecule has 0 bridgehead atoms. The molecule has 2 rings (SSSR count). The van der Waals surface area contributed by atoms with Crippen molar-refractivity contribution in [1.29, 1.82) is 0 Å². The van der Waals surface area contributed by atoms with Crippen LogP contribution in [0.2, 0.25) is 0 Å². The number of nitrogens with two attached hydrogens (primary N) is 1. The Bertz CT molecular complexity index is 575. The van der Waals surface area contributed by atoms with Crippen molar-refractivity contribution in [2.75, 3.05) is 5.32 Å². The molecule has 0 aliphatic heterocycles. The Morgan fingerprint density at radius 3 is 2.78 bits per heavy atom. The van der Waals surface area contributed by atoms with Crippen LogP contribution in [0.3, 0.4) is 0 Å². The lowest BCUT2D eigenvalue weighted by atomic mass is 10.2. The highest BCUT2D eigenvalue weighted by atomic mass is 32.1. The fourth-order valence-corrected chi connectivity index (χ4v) is 2.66. The zero-order valence-corrected chi connectivity index (χ0v) is 12.0. The van der Waals surface area contributed by atoms with Crippen LogP contribution in [0.4, 0.5) is 5.82 Å². The second-order valence-corrected chi connectivity index (χ2v) is 5.33. The first-order valence-corrected chi connectivity index (χ1v) is 6.96. The Labute approximate surface area is 116 Å². The first-order valence-electron chi connectivity index (χ1n) is 5.61. The fourth-order valence-electron chi connectivity index (χ4n) is 1.64. The summed E-state index contributed by atoms with van der Waals surface area (Å²) in [7, 11) is 0. The van der Waals surface area contributed by atoms with Crippen LogP contribution in [0.25, 0.3) is 0 Å². The molecular weight excluding hydrogens is 262 g/mol. The second kappa shape index (κ2) is 5.46. The smallest absolute Gasteiger partial charge is 0.136 e. The number of rotatable bonds is 4. The third kappa shape index (κ3) is 2.86. The van der Waals surface area contributed by atoms with Crippen molar-refractivity contribution in [3.63, 3.8) is 0 Å². The van der Waals surface area contributed by atoms with Gasteiger partial charge in [0.05, 0.1) is 5.56 Å². The first-order chi connectivity index (χ1) is 8.58. The van der Waals surface area contributed by atoms with Gasteiger partial charge in [-0.1, -0.05) is 12.2 Å². The molecule has 0 aliphatic carbocycles. The van der Waals surface area contributed by atoms with E-state index >= 15 is 0 Å². The van der Waals surface area contributed by atoms with E-state index in [9.17, 15) is 0 Å². The molecule has 5 heteroatoms. The van der Waals surface area contributed by atoms with Crippen molar-refractivity contribution in [2.45, 2.75) is 20.4 Å². The van der Waals surface area contributed by atoms with Crippen molar-refractivity contribution in [2.24, 2.45) is 5.73 Å². The average molecular weight is 277 g/mol. The number of thiophene rings is 1. The van der Waals surface area contributed by atoms with Gasteiger partial charge in [0.25, 0.3) is 0 Å². The number of thiocarbonyl (C=S) groups is 1. The molecule has 3 nitrogen and oxygen atoms in total. The normalized spacial score (nSPS) is 10.3. The van der Waals surface area contributed by atoms with Crippen molar-refractivity contribution in [3.05, 3.63) is 45.3 Å². The summed E-state index contributed by atoms with van der Waals surface area (Å²) in [6, 6.07) is 3.82.